The van der Waals surface area contributed by atoms with E-state index in [0.717, 1.165) is 0 Å². The second kappa shape index (κ2) is 7.84. The molecular weight excluding hydrogens is 297 g/mol. The molecule has 0 N–H and O–H groups in total. The van der Waals surface area contributed by atoms with Gasteiger partial charge in [-0.05, 0) is 20.3 Å². The van der Waals surface area contributed by atoms with Crippen LogP contribution in [0.25, 0.3) is 0 Å². The van der Waals surface area contributed by atoms with Gasteiger partial charge in [0.15, 0.2) is 19.8 Å². The maximum absolute atomic E-state index is 11.7. The molecule has 0 radical (unpaired) electrons. The Balaban J connectivity index is 3.96. The molecule has 0 spiro atoms. The zero-order valence-corrected chi connectivity index (χ0v) is 11.9. The molecule has 0 rings (SSSR count). The lowest BCUT2D eigenvalue weighted by molar-refractivity contribution is -0.190. The highest BCUT2D eigenvalue weighted by Gasteiger charge is 2.30. The van der Waals surface area contributed by atoms with E-state index in [0.29, 0.717) is 6.42 Å². The minimum atomic E-state index is -4.65. The summed E-state index contributed by atoms with van der Waals surface area (Å²) < 4.78 is 48.0. The lowest BCUT2D eigenvalue weighted by Gasteiger charge is -2.19. The van der Waals surface area contributed by atoms with E-state index in [9.17, 15) is 27.6 Å². The van der Waals surface area contributed by atoms with Gasteiger partial charge < -0.3 is 14.2 Å². The number of alkyl halides is 3. The fourth-order valence-electron chi connectivity index (χ4n) is 0.849. The second-order valence-corrected chi connectivity index (χ2v) is 4.75. The third-order valence-corrected chi connectivity index (χ3v) is 2.51. The highest BCUT2D eigenvalue weighted by molar-refractivity contribution is 5.81. The molecule has 9 heteroatoms. The summed E-state index contributed by atoms with van der Waals surface area (Å²) in [5.74, 6) is -3.03. The molecule has 0 aromatic heterocycles. The Hall–Kier alpha value is -1.80. The molecule has 0 saturated carbocycles. The fourth-order valence-corrected chi connectivity index (χ4v) is 0.849. The molecule has 0 atom stereocenters. The van der Waals surface area contributed by atoms with Crippen molar-refractivity contribution in [2.75, 3.05) is 19.8 Å². The zero-order chi connectivity index (χ0) is 16.7. The minimum Gasteiger partial charge on any atom is -0.454 e. The number of esters is 3. The maximum Gasteiger partial charge on any atom is 0.422 e. The molecule has 0 aromatic carbocycles. The van der Waals surface area contributed by atoms with Gasteiger partial charge in [-0.1, -0.05) is 6.92 Å². The molecular formula is C12H17F3O6. The van der Waals surface area contributed by atoms with E-state index in [4.69, 9.17) is 0 Å². The average molecular weight is 314 g/mol. The van der Waals surface area contributed by atoms with E-state index < -0.39 is 49.3 Å². The summed E-state index contributed by atoms with van der Waals surface area (Å²) in [5.41, 5.74) is -0.772. The smallest absolute Gasteiger partial charge is 0.422 e. The first-order valence-corrected chi connectivity index (χ1v) is 6.03. The molecule has 0 bridgehead atoms. The minimum absolute atomic E-state index is 0.491. The first-order valence-electron chi connectivity index (χ1n) is 6.03. The van der Waals surface area contributed by atoms with Gasteiger partial charge in [-0.25, -0.2) is 9.59 Å². The number of carbonyl (C=O) groups excluding carboxylic acids is 3. The van der Waals surface area contributed by atoms with Crippen LogP contribution in [0.4, 0.5) is 13.2 Å². The van der Waals surface area contributed by atoms with Crippen molar-refractivity contribution in [3.63, 3.8) is 0 Å². The van der Waals surface area contributed by atoms with Crippen LogP contribution in [0.2, 0.25) is 0 Å². The first-order chi connectivity index (χ1) is 9.48. The van der Waals surface area contributed by atoms with E-state index in [2.05, 4.69) is 14.2 Å². The quantitative estimate of drug-likeness (QED) is 0.525. The van der Waals surface area contributed by atoms with Crippen LogP contribution in [-0.4, -0.2) is 43.9 Å². The van der Waals surface area contributed by atoms with Crippen molar-refractivity contribution in [1.82, 2.24) is 0 Å². The predicted molar refractivity (Wildman–Crippen MR) is 63.0 cm³/mol. The lowest BCUT2D eigenvalue weighted by atomic mass is 9.91. The fraction of sp³-hybridized carbons (Fsp3) is 0.750. The zero-order valence-electron chi connectivity index (χ0n) is 11.9. The van der Waals surface area contributed by atoms with Crippen molar-refractivity contribution >= 4 is 17.9 Å². The van der Waals surface area contributed by atoms with Crippen LogP contribution in [0.3, 0.4) is 0 Å². The monoisotopic (exact) mass is 314 g/mol. The van der Waals surface area contributed by atoms with Crippen LogP contribution in [0.5, 0.6) is 0 Å². The van der Waals surface area contributed by atoms with Crippen molar-refractivity contribution in [2.24, 2.45) is 5.41 Å². The largest absolute Gasteiger partial charge is 0.454 e. The number of ether oxygens (including phenoxy) is 3. The molecule has 122 valence electrons. The molecule has 0 aliphatic rings. The van der Waals surface area contributed by atoms with E-state index >= 15 is 0 Å². The molecule has 0 fully saturated rings. The Bertz CT molecular complexity index is 389. The molecule has 0 aliphatic heterocycles. The summed E-state index contributed by atoms with van der Waals surface area (Å²) in [4.78, 5) is 33.5. The normalized spacial score (nSPS) is 11.7. The standard InChI is InChI=1S/C12H17F3O6/c1-4-11(2,3)10(18)20-6-8(16)19-5-9(17)21-7-12(13,14)15/h4-7H2,1-3H3. The van der Waals surface area contributed by atoms with E-state index in [1.165, 1.54) is 0 Å². The van der Waals surface area contributed by atoms with Gasteiger partial charge >= 0.3 is 24.1 Å². The van der Waals surface area contributed by atoms with E-state index in [1.807, 2.05) is 0 Å². The molecule has 0 aliphatic carbocycles. The molecule has 21 heavy (non-hydrogen) atoms. The van der Waals surface area contributed by atoms with Crippen LogP contribution in [0, 0.1) is 5.41 Å². The van der Waals surface area contributed by atoms with Gasteiger partial charge in [0.25, 0.3) is 0 Å². The Morgan fingerprint density at radius 3 is 1.86 bits per heavy atom. The molecule has 0 saturated heterocycles. The Labute approximate surface area is 119 Å². The van der Waals surface area contributed by atoms with Gasteiger partial charge in [0.2, 0.25) is 0 Å². The predicted octanol–water partition coefficient (Wildman–Crippen LogP) is 1.61. The van der Waals surface area contributed by atoms with Gasteiger partial charge in [0, 0.05) is 0 Å². The van der Waals surface area contributed by atoms with Gasteiger partial charge in [0.05, 0.1) is 5.41 Å². The Morgan fingerprint density at radius 2 is 1.38 bits per heavy atom. The number of carbonyl (C=O) groups is 3. The molecule has 0 amide bonds. The summed E-state index contributed by atoms with van der Waals surface area (Å²) >= 11 is 0. The van der Waals surface area contributed by atoms with Gasteiger partial charge in [0.1, 0.15) is 0 Å². The van der Waals surface area contributed by atoms with Gasteiger partial charge in [-0.3, -0.25) is 4.79 Å². The SMILES string of the molecule is CCC(C)(C)C(=O)OCC(=O)OCC(=O)OCC(F)(F)F. The summed E-state index contributed by atoms with van der Waals surface area (Å²) in [7, 11) is 0. The highest BCUT2D eigenvalue weighted by atomic mass is 19.4. The molecule has 0 heterocycles. The summed E-state index contributed by atoms with van der Waals surface area (Å²) in [6.45, 7) is 1.53. The van der Waals surface area contributed by atoms with Crippen molar-refractivity contribution in [2.45, 2.75) is 33.4 Å². The maximum atomic E-state index is 11.7. The third-order valence-electron chi connectivity index (χ3n) is 2.51. The Morgan fingerprint density at radius 1 is 0.905 bits per heavy atom. The first kappa shape index (κ1) is 19.2. The Kier molecular flexibility index (Phi) is 7.17. The summed E-state index contributed by atoms with van der Waals surface area (Å²) in [6, 6.07) is 0. The number of hydrogen-bond donors (Lipinski definition) is 0. The van der Waals surface area contributed by atoms with Crippen molar-refractivity contribution < 1.29 is 41.8 Å². The topological polar surface area (TPSA) is 78.9 Å². The van der Waals surface area contributed by atoms with Gasteiger partial charge in [-0.2, -0.15) is 13.2 Å². The van der Waals surface area contributed by atoms with Crippen molar-refractivity contribution in [3.05, 3.63) is 0 Å². The van der Waals surface area contributed by atoms with E-state index in [1.54, 1.807) is 20.8 Å². The highest BCUT2D eigenvalue weighted by Crippen LogP contribution is 2.21. The summed E-state index contributed by atoms with van der Waals surface area (Å²) in [6.07, 6.45) is -4.16. The summed E-state index contributed by atoms with van der Waals surface area (Å²) in [5, 5.41) is 0. The van der Waals surface area contributed by atoms with Gasteiger partial charge in [-0.15, -0.1) is 0 Å². The van der Waals surface area contributed by atoms with Crippen LogP contribution in [0.1, 0.15) is 27.2 Å². The molecule has 6 nitrogen and oxygen atoms in total. The second-order valence-electron chi connectivity index (χ2n) is 4.75. The van der Waals surface area contributed by atoms with Crippen LogP contribution in [0.15, 0.2) is 0 Å². The number of rotatable bonds is 7. The van der Waals surface area contributed by atoms with Crippen molar-refractivity contribution in [3.8, 4) is 0 Å². The molecule has 0 unspecified atom stereocenters. The third kappa shape index (κ3) is 8.87. The van der Waals surface area contributed by atoms with Crippen LogP contribution < -0.4 is 0 Å². The van der Waals surface area contributed by atoms with Crippen LogP contribution >= 0.6 is 0 Å². The molecule has 0 aromatic rings. The average Bonchev–Trinajstić information content (AvgIpc) is 2.39. The van der Waals surface area contributed by atoms with Crippen LogP contribution in [-0.2, 0) is 28.6 Å². The lowest BCUT2D eigenvalue weighted by Crippen LogP contribution is -2.29. The number of halogens is 3. The van der Waals surface area contributed by atoms with Crippen molar-refractivity contribution in [1.29, 1.82) is 0 Å². The number of hydrogen-bond acceptors (Lipinski definition) is 6. The van der Waals surface area contributed by atoms with E-state index in [-0.39, 0.29) is 0 Å².